The number of benzene rings is 3. The third-order valence-electron chi connectivity index (χ3n) is 17.6. The third kappa shape index (κ3) is 16.5. The number of aryl methyl sites for hydroxylation is 1. The molecule has 12 aromatic rings. The van der Waals surface area contributed by atoms with E-state index in [0.717, 1.165) is 21.9 Å². The average molecular weight is 1510 g/mol. The Kier molecular flexibility index (Phi) is 20.8. The van der Waals surface area contributed by atoms with Crippen LogP contribution in [-0.4, -0.2) is 204 Å². The van der Waals surface area contributed by atoms with E-state index in [2.05, 4.69) is 95.7 Å². The smallest absolute Gasteiger partial charge is 0.289 e. The van der Waals surface area contributed by atoms with Crippen molar-refractivity contribution in [3.63, 3.8) is 0 Å². The van der Waals surface area contributed by atoms with Crippen LogP contribution in [-0.2, 0) is 30.1 Å². The standard InChI is InChI=1S/C22H25FN8O3S.C21H22ClFN8O3S.C21H23FN8O3S/c1-12-5-4-6-15-16(12)21(34-14-7-9-31(10-8-14)35(3,32)33)29-18(27-15)13(2)26-19-17-20(25-11-24-19)30-22(23)28-17;1-11(26-18-16-19(25-10-24-18)30-21(23)28-16)17-27-14-5-3-4-13(22)15(14)20(29-17)34-12-6-8-31(9-7-12)35(2,32)33;1-12(25-18-16-19(24-11-23-18)29-21(22)27-16)17-26-15-6-4-3-5-14(15)20(28-17)33-13-7-9-30(10-8-13)34(2,31)32/h4-6,11,13-14H,7-10H2,1-3H3,(H2,24,25,26,28,30);3-5,10-12H,6-9H2,1-2H3,(H2,24,25,26,28,30);3-6,11-13H,7-10H2,1-2H3,(H2,23,24,25,27,29)/t13-;11-;12-/m000/s1. The number of nitrogens with one attached hydrogen (secondary N) is 6. The lowest BCUT2D eigenvalue weighted by molar-refractivity contribution is 0.131. The first kappa shape index (κ1) is 72.3. The van der Waals surface area contributed by atoms with Crippen LogP contribution in [0.4, 0.5) is 30.6 Å². The first-order valence-electron chi connectivity index (χ1n) is 32.9. The maximum absolute atomic E-state index is 13.6. The molecule has 104 heavy (non-hydrogen) atoms. The summed E-state index contributed by atoms with van der Waals surface area (Å²) >= 11 is 6.47. The van der Waals surface area contributed by atoms with Crippen molar-refractivity contribution in [1.82, 2.24) is 103 Å². The van der Waals surface area contributed by atoms with E-state index in [-0.39, 0.29) is 35.3 Å². The second-order valence-electron chi connectivity index (χ2n) is 25.2. The largest absolute Gasteiger partial charge is 0.474 e. The summed E-state index contributed by atoms with van der Waals surface area (Å²) in [5.74, 6) is 3.67. The Labute approximate surface area is 597 Å². The van der Waals surface area contributed by atoms with Gasteiger partial charge in [0.05, 0.1) is 74.6 Å². The molecule has 6 N–H and O–H groups in total. The van der Waals surface area contributed by atoms with Crippen molar-refractivity contribution in [2.75, 3.05) is 74.0 Å². The molecular formula is C64H70ClF3N24O9S3. The Morgan fingerprint density at radius 2 is 0.779 bits per heavy atom. The number of anilines is 3. The fraction of sp³-hybridized carbons (Fsp3) is 0.391. The number of fused-ring (bicyclic) bond motifs is 6. The average Bonchev–Trinajstić information content (AvgIpc) is 1.07. The molecule has 0 bridgehead atoms. The minimum absolute atomic E-state index is 0.165. The molecule has 33 nitrogen and oxygen atoms in total. The van der Waals surface area contributed by atoms with Gasteiger partial charge >= 0.3 is 0 Å². The maximum atomic E-state index is 13.6. The number of nitrogens with zero attached hydrogens (tertiary/aromatic N) is 18. The molecule has 3 aromatic carbocycles. The molecule has 12 heterocycles. The molecule has 15 rings (SSSR count). The van der Waals surface area contributed by atoms with Crippen LogP contribution in [0.25, 0.3) is 66.2 Å². The highest BCUT2D eigenvalue weighted by Gasteiger charge is 2.32. The number of piperidine rings is 3. The van der Waals surface area contributed by atoms with Crippen molar-refractivity contribution >= 4 is 125 Å². The monoisotopic (exact) mass is 1510 g/mol. The van der Waals surface area contributed by atoms with Gasteiger partial charge in [-0.3, -0.25) is 0 Å². The van der Waals surface area contributed by atoms with Gasteiger partial charge in [0, 0.05) is 39.3 Å². The third-order valence-corrected chi connectivity index (χ3v) is 21.8. The number of sulfonamides is 3. The van der Waals surface area contributed by atoms with Gasteiger partial charge in [0.15, 0.2) is 51.9 Å². The molecule has 3 saturated heterocycles. The fourth-order valence-electron chi connectivity index (χ4n) is 12.2. The molecular weight excluding hydrogens is 1440 g/mol. The first-order chi connectivity index (χ1) is 49.6. The van der Waals surface area contributed by atoms with Gasteiger partial charge < -0.3 is 45.1 Å². The van der Waals surface area contributed by atoms with Crippen LogP contribution < -0.4 is 30.2 Å². The molecule has 3 aliphatic heterocycles. The molecule has 40 heteroatoms. The molecule has 0 aliphatic carbocycles. The lowest BCUT2D eigenvalue weighted by atomic mass is 10.1. The number of hydrogen-bond acceptors (Lipinski definition) is 27. The van der Waals surface area contributed by atoms with E-state index < -0.39 is 66.4 Å². The number of halogens is 4. The van der Waals surface area contributed by atoms with Crippen LogP contribution in [0.15, 0.2) is 79.6 Å². The van der Waals surface area contributed by atoms with Crippen molar-refractivity contribution in [1.29, 1.82) is 0 Å². The number of rotatable bonds is 18. The van der Waals surface area contributed by atoms with Gasteiger partial charge in [-0.1, -0.05) is 41.9 Å². The van der Waals surface area contributed by atoms with Crippen LogP contribution >= 0.6 is 11.6 Å². The predicted octanol–water partition coefficient (Wildman–Crippen LogP) is 8.20. The molecule has 0 unspecified atom stereocenters. The van der Waals surface area contributed by atoms with Crippen molar-refractivity contribution in [2.24, 2.45) is 0 Å². The molecule has 3 fully saturated rings. The molecule has 0 spiro atoms. The molecule has 3 aliphatic rings. The van der Waals surface area contributed by atoms with E-state index in [1.54, 1.807) is 12.1 Å². The van der Waals surface area contributed by atoms with Gasteiger partial charge in [-0.05, 0) is 102 Å². The van der Waals surface area contributed by atoms with Crippen LogP contribution in [0.3, 0.4) is 0 Å². The minimum atomic E-state index is -3.24. The summed E-state index contributed by atoms with van der Waals surface area (Å²) in [6, 6.07) is 17.4. The second-order valence-corrected chi connectivity index (χ2v) is 31.5. The van der Waals surface area contributed by atoms with Crippen LogP contribution in [0.1, 0.15) is 100 Å². The lowest BCUT2D eigenvalue weighted by Gasteiger charge is -2.30. The second kappa shape index (κ2) is 30.0. The highest BCUT2D eigenvalue weighted by atomic mass is 35.5. The van der Waals surface area contributed by atoms with Crippen molar-refractivity contribution in [3.05, 3.63) is 126 Å². The number of hydrogen-bond donors (Lipinski definition) is 6. The molecule has 546 valence electrons. The zero-order valence-corrected chi connectivity index (χ0v) is 60.1. The summed E-state index contributed by atoms with van der Waals surface area (Å²) in [5.41, 5.74) is 4.67. The number of para-hydroxylation sites is 1. The summed E-state index contributed by atoms with van der Waals surface area (Å²) in [6.45, 7) is 9.89. The quantitative estimate of drug-likeness (QED) is 0.0441. The Hall–Kier alpha value is -10.1. The number of ether oxygens (including phenoxy) is 3. The Morgan fingerprint density at radius 1 is 0.442 bits per heavy atom. The van der Waals surface area contributed by atoms with Gasteiger partial charge in [-0.15, -0.1) is 0 Å². The van der Waals surface area contributed by atoms with Gasteiger partial charge in [0.2, 0.25) is 47.7 Å². The zero-order chi connectivity index (χ0) is 73.4. The van der Waals surface area contributed by atoms with Crippen molar-refractivity contribution < 1.29 is 52.6 Å². The minimum Gasteiger partial charge on any atom is -0.474 e. The highest BCUT2D eigenvalue weighted by Crippen LogP contribution is 2.36. The number of aromatic nitrogens is 18. The van der Waals surface area contributed by atoms with Crippen molar-refractivity contribution in [2.45, 2.75) is 103 Å². The van der Waals surface area contributed by atoms with Crippen LogP contribution in [0.2, 0.25) is 5.02 Å². The molecule has 9 aromatic heterocycles. The summed E-state index contributed by atoms with van der Waals surface area (Å²) < 4.78 is 135. The van der Waals surface area contributed by atoms with Crippen LogP contribution in [0, 0.1) is 25.2 Å². The van der Waals surface area contributed by atoms with Gasteiger partial charge in [-0.25, -0.2) is 83.0 Å². The molecule has 0 saturated carbocycles. The Balaban J connectivity index is 0.000000139. The van der Waals surface area contributed by atoms with Crippen molar-refractivity contribution in [3.8, 4) is 17.6 Å². The van der Waals surface area contributed by atoms with Gasteiger partial charge in [0.25, 0.3) is 18.2 Å². The molecule has 3 atom stereocenters. The summed E-state index contributed by atoms with van der Waals surface area (Å²) in [7, 11) is -9.68. The summed E-state index contributed by atoms with van der Waals surface area (Å²) in [5, 5.41) is 12.2. The predicted molar refractivity (Wildman–Crippen MR) is 380 cm³/mol. The van der Waals surface area contributed by atoms with E-state index >= 15 is 0 Å². The fourth-order valence-corrected chi connectivity index (χ4v) is 15.1. The van der Waals surface area contributed by atoms with Gasteiger partial charge in [0.1, 0.15) is 53.8 Å². The van der Waals surface area contributed by atoms with E-state index in [1.807, 2.05) is 76.2 Å². The van der Waals surface area contributed by atoms with Crippen LogP contribution in [0.5, 0.6) is 17.6 Å². The molecule has 0 amide bonds. The normalized spacial score (nSPS) is 16.6. The summed E-state index contributed by atoms with van der Waals surface area (Å²) in [4.78, 5) is 71.2. The topological polar surface area (TPSA) is 417 Å². The number of H-pyrrole nitrogens is 3. The van der Waals surface area contributed by atoms with E-state index in [1.165, 1.54) is 50.7 Å². The highest BCUT2D eigenvalue weighted by molar-refractivity contribution is 7.88. The number of imidazole rings is 3. The lowest BCUT2D eigenvalue weighted by Crippen LogP contribution is -2.41. The van der Waals surface area contributed by atoms with E-state index in [0.29, 0.717) is 168 Å². The Bertz CT molecular complexity index is 5310. The zero-order valence-electron chi connectivity index (χ0n) is 56.9. The van der Waals surface area contributed by atoms with E-state index in [4.69, 9.17) is 35.8 Å². The maximum Gasteiger partial charge on any atom is 0.289 e. The number of aromatic amines is 3. The SMILES string of the molecule is C[C@H](Nc1ncnc2nc(F)[nH]c12)c1nc(OC2CCN(S(C)(=O)=O)CC2)c2c(Cl)cccc2n1.C[C@H](Nc1ncnc2nc(F)[nH]c12)c1nc(OC2CCN(S(C)(=O)=O)CC2)c2ccccc2n1.Cc1cccc2nc([C@H](C)Nc3ncnc4nc(F)[nH]c34)nc(OC3CCN(S(C)(=O)=O)CC3)c12. The van der Waals surface area contributed by atoms with E-state index in [9.17, 15) is 38.4 Å². The Morgan fingerprint density at radius 3 is 1.18 bits per heavy atom. The first-order valence-corrected chi connectivity index (χ1v) is 38.8. The van der Waals surface area contributed by atoms with Gasteiger partial charge in [-0.2, -0.15) is 43.1 Å². The summed E-state index contributed by atoms with van der Waals surface area (Å²) in [6.07, 6.45) is 8.05. The molecule has 0 radical (unpaired) electrons.